The molecule has 2 rings (SSSR count). The predicted molar refractivity (Wildman–Crippen MR) is 69.7 cm³/mol. The summed E-state index contributed by atoms with van der Waals surface area (Å²) < 4.78 is 5.27. The Morgan fingerprint density at radius 1 is 1.24 bits per heavy atom. The number of nitrogens with zero attached hydrogens (tertiary/aromatic N) is 2. The Morgan fingerprint density at radius 2 is 1.94 bits per heavy atom. The topological polar surface area (TPSA) is 58.4 Å². The summed E-state index contributed by atoms with van der Waals surface area (Å²) in [5.41, 5.74) is 0.685. The molecule has 0 bridgehead atoms. The molecule has 0 spiro atoms. The number of nitrogens with one attached hydrogen (secondary N) is 1. The van der Waals surface area contributed by atoms with Crippen LogP contribution in [0.5, 0.6) is 0 Å². The van der Waals surface area contributed by atoms with Gasteiger partial charge < -0.3 is 4.72 Å². The highest BCUT2D eigenvalue weighted by molar-refractivity contribution is 7.98. The molecule has 0 aromatic heterocycles. The highest BCUT2D eigenvalue weighted by Crippen LogP contribution is 2.27. The van der Waals surface area contributed by atoms with E-state index in [4.69, 9.17) is 0 Å². The number of nitro groups is 1. The van der Waals surface area contributed by atoms with Gasteiger partial charge in [0.05, 0.1) is 4.92 Å². The average molecular weight is 253 g/mol. The van der Waals surface area contributed by atoms with Crippen LogP contribution >= 0.6 is 12.1 Å². The van der Waals surface area contributed by atoms with Crippen molar-refractivity contribution in [2.75, 3.05) is 17.8 Å². The van der Waals surface area contributed by atoms with E-state index in [1.807, 2.05) is 0 Å². The van der Waals surface area contributed by atoms with Crippen molar-refractivity contribution in [3.05, 3.63) is 34.4 Å². The molecule has 0 amide bonds. The molecule has 0 unspecified atom stereocenters. The van der Waals surface area contributed by atoms with Gasteiger partial charge >= 0.3 is 0 Å². The largest absolute Gasteiger partial charge is 0.311 e. The second kappa shape index (κ2) is 5.88. The Kier molecular flexibility index (Phi) is 4.22. The zero-order chi connectivity index (χ0) is 12.1. The molecule has 0 saturated carbocycles. The van der Waals surface area contributed by atoms with Gasteiger partial charge in [-0.2, -0.15) is 0 Å². The van der Waals surface area contributed by atoms with Crippen molar-refractivity contribution in [3.63, 3.8) is 0 Å². The minimum atomic E-state index is -0.362. The lowest BCUT2D eigenvalue weighted by atomic mass is 10.2. The fourth-order valence-electron chi connectivity index (χ4n) is 1.79. The molecular formula is C11H15N3O2S. The first-order chi connectivity index (χ1) is 8.27. The molecule has 1 fully saturated rings. The Balaban J connectivity index is 1.96. The summed E-state index contributed by atoms with van der Waals surface area (Å²) in [6.07, 6.45) is 3.68. The number of hydrogen-bond donors (Lipinski definition) is 1. The summed E-state index contributed by atoms with van der Waals surface area (Å²) in [6, 6.07) is 6.72. The van der Waals surface area contributed by atoms with E-state index in [0.717, 1.165) is 13.1 Å². The van der Waals surface area contributed by atoms with Gasteiger partial charge in [0.1, 0.15) is 5.69 Å². The third-order valence-corrected chi connectivity index (χ3v) is 3.64. The quantitative estimate of drug-likeness (QED) is 0.507. The van der Waals surface area contributed by atoms with Crippen LogP contribution in [0.15, 0.2) is 24.3 Å². The summed E-state index contributed by atoms with van der Waals surface area (Å²) >= 11 is 1.46. The molecule has 0 aliphatic carbocycles. The molecule has 0 radical (unpaired) electrons. The third-order valence-electron chi connectivity index (χ3n) is 2.70. The van der Waals surface area contributed by atoms with Crippen LogP contribution in [0.1, 0.15) is 19.3 Å². The van der Waals surface area contributed by atoms with E-state index in [1.54, 1.807) is 18.2 Å². The molecule has 6 heteroatoms. The molecule has 17 heavy (non-hydrogen) atoms. The Labute approximate surface area is 105 Å². The molecule has 1 aromatic rings. The third kappa shape index (κ3) is 3.34. The molecule has 1 heterocycles. The minimum Gasteiger partial charge on any atom is -0.311 e. The summed E-state index contributed by atoms with van der Waals surface area (Å²) in [6.45, 7) is 2.08. The lowest BCUT2D eigenvalue weighted by molar-refractivity contribution is -0.383. The van der Waals surface area contributed by atoms with E-state index < -0.39 is 0 Å². The zero-order valence-electron chi connectivity index (χ0n) is 9.46. The van der Waals surface area contributed by atoms with Crippen molar-refractivity contribution in [2.45, 2.75) is 19.3 Å². The zero-order valence-corrected chi connectivity index (χ0v) is 10.3. The number of nitro benzene ring substituents is 1. The maximum absolute atomic E-state index is 10.8. The van der Waals surface area contributed by atoms with E-state index in [-0.39, 0.29) is 10.6 Å². The van der Waals surface area contributed by atoms with Gasteiger partial charge in [0.25, 0.3) is 5.69 Å². The maximum Gasteiger partial charge on any atom is 0.293 e. The molecule has 92 valence electrons. The molecule has 1 saturated heterocycles. The van der Waals surface area contributed by atoms with Crippen LogP contribution in [0, 0.1) is 10.1 Å². The first kappa shape index (κ1) is 12.2. The summed E-state index contributed by atoms with van der Waals surface area (Å²) in [7, 11) is 0. The van der Waals surface area contributed by atoms with Crippen LogP contribution < -0.4 is 4.72 Å². The van der Waals surface area contributed by atoms with Crippen molar-refractivity contribution in [1.82, 2.24) is 4.31 Å². The Hall–Kier alpha value is -1.27. The highest BCUT2D eigenvalue weighted by atomic mass is 32.2. The van der Waals surface area contributed by atoms with E-state index in [1.165, 1.54) is 37.5 Å². The standard InChI is InChI=1S/C11H15N3O2S/c15-14(16)11-7-3-2-6-10(11)12-17-13-8-4-1-5-9-13/h2-3,6-7,12H,1,4-5,8-9H2. The fourth-order valence-corrected chi connectivity index (χ4v) is 2.63. The maximum atomic E-state index is 10.8. The van der Waals surface area contributed by atoms with Gasteiger partial charge in [-0.1, -0.05) is 18.6 Å². The van der Waals surface area contributed by atoms with Gasteiger partial charge in [0.15, 0.2) is 0 Å². The Bertz CT molecular complexity index is 394. The number of benzene rings is 1. The fraction of sp³-hybridized carbons (Fsp3) is 0.455. The molecule has 1 aliphatic heterocycles. The van der Waals surface area contributed by atoms with E-state index in [9.17, 15) is 10.1 Å². The van der Waals surface area contributed by atoms with Crippen LogP contribution in [0.3, 0.4) is 0 Å². The molecule has 1 N–H and O–H groups in total. The number of anilines is 1. The minimum absolute atomic E-state index is 0.122. The van der Waals surface area contributed by atoms with Crippen LogP contribution in [-0.2, 0) is 0 Å². The van der Waals surface area contributed by atoms with E-state index in [2.05, 4.69) is 9.03 Å². The lowest BCUT2D eigenvalue weighted by Crippen LogP contribution is -2.24. The van der Waals surface area contributed by atoms with Gasteiger partial charge in [-0.3, -0.25) is 10.1 Å². The first-order valence-corrected chi connectivity index (χ1v) is 6.46. The van der Waals surface area contributed by atoms with Gasteiger partial charge in [0.2, 0.25) is 0 Å². The molecule has 1 aliphatic rings. The summed E-state index contributed by atoms with van der Waals surface area (Å²) in [5, 5.41) is 10.8. The molecular weight excluding hydrogens is 238 g/mol. The van der Waals surface area contributed by atoms with E-state index in [0.29, 0.717) is 5.69 Å². The number of rotatable bonds is 4. The Morgan fingerprint density at radius 3 is 2.65 bits per heavy atom. The van der Waals surface area contributed by atoms with Crippen LogP contribution in [0.4, 0.5) is 11.4 Å². The molecule has 1 aromatic carbocycles. The van der Waals surface area contributed by atoms with Crippen molar-refractivity contribution in [2.24, 2.45) is 0 Å². The average Bonchev–Trinajstić information content (AvgIpc) is 2.38. The monoisotopic (exact) mass is 253 g/mol. The second-order valence-corrected chi connectivity index (χ2v) is 4.86. The first-order valence-electron chi connectivity index (χ1n) is 5.69. The highest BCUT2D eigenvalue weighted by Gasteiger charge is 2.15. The van der Waals surface area contributed by atoms with Gasteiger partial charge in [0, 0.05) is 31.3 Å². The number of hydrogen-bond acceptors (Lipinski definition) is 5. The van der Waals surface area contributed by atoms with Gasteiger partial charge in [-0.25, -0.2) is 4.31 Å². The number of para-hydroxylation sites is 2. The predicted octanol–water partition coefficient (Wildman–Crippen LogP) is 3.06. The molecule has 0 atom stereocenters. The summed E-state index contributed by atoms with van der Waals surface area (Å²) in [4.78, 5) is 10.5. The molecule has 5 nitrogen and oxygen atoms in total. The number of piperidine rings is 1. The van der Waals surface area contributed by atoms with Crippen LogP contribution in [0.25, 0.3) is 0 Å². The van der Waals surface area contributed by atoms with Gasteiger partial charge in [-0.05, 0) is 18.9 Å². The normalized spacial score (nSPS) is 16.7. The van der Waals surface area contributed by atoms with Gasteiger partial charge in [-0.15, -0.1) is 0 Å². The van der Waals surface area contributed by atoms with Crippen LogP contribution in [-0.4, -0.2) is 22.3 Å². The smallest absolute Gasteiger partial charge is 0.293 e. The second-order valence-electron chi connectivity index (χ2n) is 3.96. The SMILES string of the molecule is O=[N+]([O-])c1ccccc1NSN1CCCCC1. The lowest BCUT2D eigenvalue weighted by Gasteiger charge is -2.24. The van der Waals surface area contributed by atoms with Crippen molar-refractivity contribution < 1.29 is 4.92 Å². The van der Waals surface area contributed by atoms with Crippen molar-refractivity contribution >= 4 is 23.5 Å². The van der Waals surface area contributed by atoms with Crippen molar-refractivity contribution in [3.8, 4) is 0 Å². The van der Waals surface area contributed by atoms with E-state index >= 15 is 0 Å². The van der Waals surface area contributed by atoms with Crippen LogP contribution in [0.2, 0.25) is 0 Å². The summed E-state index contributed by atoms with van der Waals surface area (Å²) in [5.74, 6) is 0. The van der Waals surface area contributed by atoms with Crippen molar-refractivity contribution in [1.29, 1.82) is 0 Å².